The zero-order chi connectivity index (χ0) is 13.6. The number of hydrogen-bond donors (Lipinski definition) is 1. The molecule has 0 aliphatic heterocycles. The lowest BCUT2D eigenvalue weighted by atomic mass is 10.0. The Morgan fingerprint density at radius 3 is 2.39 bits per heavy atom. The first kappa shape index (κ1) is 15.2. The number of hydrogen-bond acceptors (Lipinski definition) is 1. The minimum absolute atomic E-state index is 0.210. The van der Waals surface area contributed by atoms with Crippen LogP contribution in [0.15, 0.2) is 41.6 Å². The van der Waals surface area contributed by atoms with Crippen LogP contribution in [0.1, 0.15) is 25.3 Å². The maximum Gasteiger partial charge on any atom is 0.0686 e. The van der Waals surface area contributed by atoms with Crippen molar-refractivity contribution in [1.29, 1.82) is 0 Å². The Morgan fingerprint density at radius 2 is 1.83 bits per heavy atom. The van der Waals surface area contributed by atoms with E-state index in [2.05, 4.69) is 56.5 Å². The van der Waals surface area contributed by atoms with Crippen molar-refractivity contribution in [2.75, 3.05) is 0 Å². The Hall–Kier alpha value is -0.863. The van der Waals surface area contributed by atoms with Gasteiger partial charge in [0, 0.05) is 0 Å². The van der Waals surface area contributed by atoms with Crippen molar-refractivity contribution in [3.63, 3.8) is 0 Å². The first-order chi connectivity index (χ1) is 8.37. The molecular formula is C16H26OSi. The molecule has 0 heterocycles. The van der Waals surface area contributed by atoms with Gasteiger partial charge in [0.05, 0.1) is 14.2 Å². The topological polar surface area (TPSA) is 20.2 Å². The van der Waals surface area contributed by atoms with Crippen LogP contribution >= 0.6 is 0 Å². The predicted molar refractivity (Wildman–Crippen MR) is 82.5 cm³/mol. The molecule has 18 heavy (non-hydrogen) atoms. The largest absolute Gasteiger partial charge is 0.393 e. The van der Waals surface area contributed by atoms with Crippen molar-refractivity contribution in [2.24, 2.45) is 0 Å². The monoisotopic (exact) mass is 262 g/mol. The summed E-state index contributed by atoms with van der Waals surface area (Å²) in [7, 11) is -1.15. The first-order valence-corrected chi connectivity index (χ1v) is 10.3. The number of aliphatic hydroxyl groups is 1. The van der Waals surface area contributed by atoms with E-state index in [1.165, 1.54) is 11.1 Å². The Bertz CT molecular complexity index is 376. The molecule has 0 bridgehead atoms. The summed E-state index contributed by atoms with van der Waals surface area (Å²) in [6.07, 6.45) is 2.41. The van der Waals surface area contributed by atoms with Crippen LogP contribution in [0.3, 0.4) is 0 Å². The molecule has 1 atom stereocenters. The van der Waals surface area contributed by atoms with E-state index < -0.39 is 8.07 Å². The highest BCUT2D eigenvalue weighted by Gasteiger charge is 2.11. The molecule has 0 saturated heterocycles. The highest BCUT2D eigenvalue weighted by atomic mass is 28.3. The smallest absolute Gasteiger partial charge is 0.0686 e. The third-order valence-electron chi connectivity index (χ3n) is 2.85. The molecule has 0 aliphatic carbocycles. The first-order valence-electron chi connectivity index (χ1n) is 6.77. The van der Waals surface area contributed by atoms with Gasteiger partial charge in [0.15, 0.2) is 0 Å². The molecule has 0 spiro atoms. The molecule has 1 unspecified atom stereocenters. The molecule has 0 radical (unpaired) electrons. The van der Waals surface area contributed by atoms with Gasteiger partial charge in [-0.05, 0) is 31.7 Å². The SMILES string of the molecule is C/C(=C\[Si](C)(C)C)CC(O)CCc1ccccc1. The maximum absolute atomic E-state index is 10.1. The molecule has 1 aromatic rings. The van der Waals surface area contributed by atoms with E-state index in [1.54, 1.807) is 0 Å². The fourth-order valence-corrected chi connectivity index (χ4v) is 3.85. The second kappa shape index (κ2) is 6.91. The minimum atomic E-state index is -1.15. The molecule has 1 nitrogen and oxygen atoms in total. The van der Waals surface area contributed by atoms with E-state index in [1.807, 2.05) is 6.07 Å². The molecule has 2 heteroatoms. The van der Waals surface area contributed by atoms with Gasteiger partial charge in [-0.15, -0.1) is 0 Å². The number of rotatable bonds is 6. The van der Waals surface area contributed by atoms with Crippen molar-refractivity contribution in [3.05, 3.63) is 47.2 Å². The summed E-state index contributed by atoms with van der Waals surface area (Å²) in [5.41, 5.74) is 5.04. The lowest BCUT2D eigenvalue weighted by Gasteiger charge is -2.15. The average molecular weight is 262 g/mol. The van der Waals surface area contributed by atoms with Gasteiger partial charge in [-0.3, -0.25) is 0 Å². The predicted octanol–water partition coefficient (Wildman–Crippen LogP) is 4.19. The Balaban J connectivity index is 2.38. The summed E-state index contributed by atoms with van der Waals surface area (Å²) in [5.74, 6) is 0. The second-order valence-electron chi connectivity index (χ2n) is 6.24. The molecular weight excluding hydrogens is 236 g/mol. The fourth-order valence-electron chi connectivity index (χ4n) is 2.25. The summed E-state index contributed by atoms with van der Waals surface area (Å²) in [5, 5.41) is 10.1. The molecule has 1 rings (SSSR count). The van der Waals surface area contributed by atoms with Gasteiger partial charge in [-0.25, -0.2) is 0 Å². The average Bonchev–Trinajstić information content (AvgIpc) is 2.25. The van der Waals surface area contributed by atoms with Gasteiger partial charge < -0.3 is 5.11 Å². The number of benzene rings is 1. The van der Waals surface area contributed by atoms with Gasteiger partial charge >= 0.3 is 0 Å². The van der Waals surface area contributed by atoms with Crippen molar-refractivity contribution in [1.82, 2.24) is 0 Å². The van der Waals surface area contributed by atoms with E-state index in [0.717, 1.165) is 19.3 Å². The molecule has 0 amide bonds. The lowest BCUT2D eigenvalue weighted by molar-refractivity contribution is 0.165. The Morgan fingerprint density at radius 1 is 1.22 bits per heavy atom. The molecule has 100 valence electrons. The highest BCUT2D eigenvalue weighted by Crippen LogP contribution is 2.14. The zero-order valence-electron chi connectivity index (χ0n) is 12.1. The van der Waals surface area contributed by atoms with Gasteiger partial charge in [-0.1, -0.05) is 61.2 Å². The molecule has 0 aliphatic rings. The molecule has 0 saturated carbocycles. The maximum atomic E-state index is 10.1. The minimum Gasteiger partial charge on any atom is -0.393 e. The van der Waals surface area contributed by atoms with Crippen LogP contribution in [0.2, 0.25) is 19.6 Å². The Labute approximate surface area is 113 Å². The van der Waals surface area contributed by atoms with Crippen molar-refractivity contribution >= 4 is 8.07 Å². The number of aliphatic hydroxyl groups excluding tert-OH is 1. The van der Waals surface area contributed by atoms with E-state index in [0.29, 0.717) is 0 Å². The fraction of sp³-hybridized carbons (Fsp3) is 0.500. The molecule has 1 N–H and O–H groups in total. The van der Waals surface area contributed by atoms with Crippen LogP contribution < -0.4 is 0 Å². The van der Waals surface area contributed by atoms with Crippen LogP contribution in [-0.4, -0.2) is 19.3 Å². The van der Waals surface area contributed by atoms with Gasteiger partial charge in [0.1, 0.15) is 0 Å². The van der Waals surface area contributed by atoms with Gasteiger partial charge in [-0.2, -0.15) is 0 Å². The van der Waals surface area contributed by atoms with Crippen molar-refractivity contribution in [3.8, 4) is 0 Å². The highest BCUT2D eigenvalue weighted by molar-refractivity contribution is 6.81. The summed E-state index contributed by atoms with van der Waals surface area (Å²) in [4.78, 5) is 0. The van der Waals surface area contributed by atoms with Crippen LogP contribution in [0.4, 0.5) is 0 Å². The molecule has 0 aromatic heterocycles. The van der Waals surface area contributed by atoms with Gasteiger partial charge in [0.25, 0.3) is 0 Å². The second-order valence-corrected chi connectivity index (χ2v) is 11.3. The van der Waals surface area contributed by atoms with E-state index in [4.69, 9.17) is 0 Å². The molecule has 1 aromatic carbocycles. The number of aryl methyl sites for hydroxylation is 1. The zero-order valence-corrected chi connectivity index (χ0v) is 13.1. The van der Waals surface area contributed by atoms with Crippen molar-refractivity contribution in [2.45, 2.75) is 51.9 Å². The van der Waals surface area contributed by atoms with Crippen LogP contribution in [0.25, 0.3) is 0 Å². The Kier molecular flexibility index (Phi) is 5.83. The lowest BCUT2D eigenvalue weighted by Crippen LogP contribution is -2.18. The van der Waals surface area contributed by atoms with Crippen LogP contribution in [-0.2, 0) is 6.42 Å². The van der Waals surface area contributed by atoms with E-state index in [9.17, 15) is 5.11 Å². The third kappa shape index (κ3) is 6.77. The van der Waals surface area contributed by atoms with E-state index >= 15 is 0 Å². The quantitative estimate of drug-likeness (QED) is 0.762. The standard InChI is InChI=1S/C16H26OSi/c1-14(13-18(2,3)4)12-16(17)11-10-15-8-6-5-7-9-15/h5-9,13,16-17H,10-12H2,1-4H3/b14-13+. The third-order valence-corrected chi connectivity index (χ3v) is 4.20. The molecule has 0 fully saturated rings. The summed E-state index contributed by atoms with van der Waals surface area (Å²) in [6, 6.07) is 10.4. The summed E-state index contributed by atoms with van der Waals surface area (Å²) >= 11 is 0. The normalized spacial score (nSPS) is 14.6. The van der Waals surface area contributed by atoms with Crippen LogP contribution in [0, 0.1) is 0 Å². The van der Waals surface area contributed by atoms with E-state index in [-0.39, 0.29) is 6.10 Å². The van der Waals surface area contributed by atoms with Crippen molar-refractivity contribution < 1.29 is 5.11 Å². The van der Waals surface area contributed by atoms with Crippen LogP contribution in [0.5, 0.6) is 0 Å². The van der Waals surface area contributed by atoms with Gasteiger partial charge in [0.2, 0.25) is 0 Å². The summed E-state index contributed by atoms with van der Waals surface area (Å²) in [6.45, 7) is 9.12. The summed E-state index contributed by atoms with van der Waals surface area (Å²) < 4.78 is 0.